The number of halogens is 6. The Balaban J connectivity index is 1.47. The Kier molecular flexibility index (Phi) is 6.52. The van der Waals surface area contributed by atoms with Crippen LogP contribution in [0.4, 0.5) is 26.3 Å². The lowest BCUT2D eigenvalue weighted by molar-refractivity contribution is -0.190. The topological polar surface area (TPSA) is 73.6 Å². The third kappa shape index (κ3) is 5.10. The minimum atomic E-state index is -5.46. The van der Waals surface area contributed by atoms with E-state index < -0.39 is 35.2 Å². The lowest BCUT2D eigenvalue weighted by Gasteiger charge is -2.31. The number of rotatable bonds is 6. The molecule has 3 unspecified atom stereocenters. The van der Waals surface area contributed by atoms with Gasteiger partial charge in [-0.1, -0.05) is 17.3 Å². The molecule has 2 aromatic rings. The predicted molar refractivity (Wildman–Crippen MR) is 113 cm³/mol. The first-order valence-electron chi connectivity index (χ1n) is 11.8. The van der Waals surface area contributed by atoms with Crippen molar-refractivity contribution < 1.29 is 45.1 Å². The van der Waals surface area contributed by atoms with Crippen molar-refractivity contribution >= 4 is 5.97 Å². The highest BCUT2D eigenvalue weighted by Crippen LogP contribution is 2.48. The van der Waals surface area contributed by atoms with Gasteiger partial charge in [-0.15, -0.1) is 0 Å². The average molecular weight is 518 g/mol. The highest BCUT2D eigenvalue weighted by molar-refractivity contribution is 5.80. The summed E-state index contributed by atoms with van der Waals surface area (Å²) < 4.78 is 96.1. The van der Waals surface area contributed by atoms with E-state index in [-0.39, 0.29) is 24.3 Å². The van der Waals surface area contributed by atoms with Crippen LogP contribution in [0.2, 0.25) is 0 Å². The number of hydrogen-bond donors (Lipinski definition) is 1. The molecule has 6 nitrogen and oxygen atoms in total. The van der Waals surface area contributed by atoms with Crippen LogP contribution in [-0.4, -0.2) is 36.5 Å². The summed E-state index contributed by atoms with van der Waals surface area (Å²) in [7, 11) is 0. The molecule has 1 aromatic heterocycles. The maximum Gasteiger partial charge on any atom is 0.491 e. The number of carbonyl (C=O) groups is 1. The van der Waals surface area contributed by atoms with E-state index in [9.17, 15) is 31.1 Å². The summed E-state index contributed by atoms with van der Waals surface area (Å²) in [5.74, 6) is -2.48. The molecule has 0 amide bonds. The van der Waals surface area contributed by atoms with Crippen LogP contribution in [0.3, 0.4) is 0 Å². The summed E-state index contributed by atoms with van der Waals surface area (Å²) in [6, 6.07) is 2.82. The van der Waals surface area contributed by atoms with Gasteiger partial charge < -0.3 is 19.3 Å². The molecule has 12 heteroatoms. The van der Waals surface area contributed by atoms with Crippen LogP contribution in [0.1, 0.15) is 54.9 Å². The third-order valence-corrected chi connectivity index (χ3v) is 7.13. The van der Waals surface area contributed by atoms with Gasteiger partial charge in [0.05, 0.1) is 12.7 Å². The largest absolute Gasteiger partial charge is 0.491 e. The van der Waals surface area contributed by atoms with E-state index in [2.05, 4.69) is 15.2 Å². The summed E-state index contributed by atoms with van der Waals surface area (Å²) in [6.07, 6.45) is -6.42. The number of alkyl halides is 6. The fourth-order valence-corrected chi connectivity index (χ4v) is 5.21. The molecule has 2 saturated carbocycles. The molecule has 3 atom stereocenters. The molecule has 1 saturated heterocycles. The second-order valence-electron chi connectivity index (χ2n) is 9.64. The van der Waals surface area contributed by atoms with E-state index in [0.29, 0.717) is 29.2 Å². The molecule has 0 radical (unpaired) electrons. The zero-order valence-electron chi connectivity index (χ0n) is 19.0. The van der Waals surface area contributed by atoms with E-state index in [1.807, 2.05) is 0 Å². The molecule has 1 N–H and O–H groups in total. The molecule has 3 fully saturated rings. The molecular weight excluding hydrogens is 494 g/mol. The van der Waals surface area contributed by atoms with Crippen molar-refractivity contribution in [1.29, 1.82) is 0 Å². The number of nitrogens with zero attached hydrogens (tertiary/aromatic N) is 1. The fourth-order valence-electron chi connectivity index (χ4n) is 5.21. The first-order valence-corrected chi connectivity index (χ1v) is 11.8. The second kappa shape index (κ2) is 9.37. The lowest BCUT2D eigenvalue weighted by Crippen LogP contribution is -2.29. The predicted octanol–water partition coefficient (Wildman–Crippen LogP) is 5.61. The van der Waals surface area contributed by atoms with Gasteiger partial charge in [0.2, 0.25) is 0 Å². The summed E-state index contributed by atoms with van der Waals surface area (Å²) in [5, 5.41) is 7.25. The maximum absolute atomic E-state index is 14.1. The van der Waals surface area contributed by atoms with Gasteiger partial charge in [-0.25, -0.2) is 4.79 Å². The molecule has 196 valence electrons. The monoisotopic (exact) mass is 518 g/mol. The van der Waals surface area contributed by atoms with Gasteiger partial charge in [0.25, 0.3) is 0 Å². The van der Waals surface area contributed by atoms with Crippen LogP contribution in [0.25, 0.3) is 11.3 Å². The summed E-state index contributed by atoms with van der Waals surface area (Å²) in [5.41, 5.74) is -1.90. The standard InChI is InChI=1S/C24H24F6N2O4/c25-23(26,27)19-16(2-1-3-18(19)35-22(33)24(28,29)30)20-17(21(36-32-20)12-4-5-12)11-34-15-7-6-13-9-31-10-14(13)8-15/h1-3,12-15,31H,4-11H2. The average Bonchev–Trinajstić information content (AvgIpc) is 3.38. The Morgan fingerprint density at radius 2 is 1.81 bits per heavy atom. The Hall–Kier alpha value is -2.60. The molecule has 2 aliphatic carbocycles. The summed E-state index contributed by atoms with van der Waals surface area (Å²) >= 11 is 0. The van der Waals surface area contributed by atoms with Crippen molar-refractivity contribution in [3.05, 3.63) is 35.1 Å². The van der Waals surface area contributed by atoms with Gasteiger partial charge >= 0.3 is 18.3 Å². The van der Waals surface area contributed by atoms with Crippen LogP contribution in [0.5, 0.6) is 5.75 Å². The number of fused-ring (bicyclic) bond motifs is 1. The van der Waals surface area contributed by atoms with Gasteiger partial charge in [0, 0.05) is 17.0 Å². The van der Waals surface area contributed by atoms with Crippen molar-refractivity contribution in [2.75, 3.05) is 13.1 Å². The van der Waals surface area contributed by atoms with Gasteiger partial charge in [-0.3, -0.25) is 0 Å². The summed E-state index contributed by atoms with van der Waals surface area (Å²) in [4.78, 5) is 11.3. The fraction of sp³-hybridized carbons (Fsp3) is 0.583. The maximum atomic E-state index is 14.1. The zero-order valence-corrected chi connectivity index (χ0v) is 19.0. The van der Waals surface area contributed by atoms with Crippen molar-refractivity contribution in [3.63, 3.8) is 0 Å². The first-order chi connectivity index (χ1) is 17.0. The first kappa shape index (κ1) is 25.1. The third-order valence-electron chi connectivity index (χ3n) is 7.13. The second-order valence-corrected chi connectivity index (χ2v) is 9.64. The zero-order chi connectivity index (χ0) is 25.7. The van der Waals surface area contributed by atoms with E-state index in [0.717, 1.165) is 57.3 Å². The normalized spacial score (nSPS) is 24.6. The van der Waals surface area contributed by atoms with Crippen LogP contribution in [0, 0.1) is 11.8 Å². The molecule has 0 bridgehead atoms. The Morgan fingerprint density at radius 1 is 1.06 bits per heavy atom. The Morgan fingerprint density at radius 3 is 2.50 bits per heavy atom. The SMILES string of the molecule is O=C(Oc1cccc(-c2noc(C3CC3)c2COC2CCC3CNCC3C2)c1C(F)(F)F)C(F)(F)F. The van der Waals surface area contributed by atoms with Gasteiger partial charge in [-0.05, 0) is 63.1 Å². The number of hydrogen-bond acceptors (Lipinski definition) is 6. The highest BCUT2D eigenvalue weighted by atomic mass is 19.4. The van der Waals surface area contributed by atoms with Crippen LogP contribution in [0.15, 0.2) is 22.7 Å². The number of carbonyl (C=O) groups excluding carboxylic acids is 1. The van der Waals surface area contributed by atoms with Crippen molar-refractivity contribution in [3.8, 4) is 17.0 Å². The van der Waals surface area contributed by atoms with Crippen molar-refractivity contribution in [2.24, 2.45) is 11.8 Å². The lowest BCUT2D eigenvalue weighted by atomic mass is 9.80. The quantitative estimate of drug-likeness (QED) is 0.305. The minimum Gasteiger partial charge on any atom is -0.419 e. The highest BCUT2D eigenvalue weighted by Gasteiger charge is 2.45. The van der Waals surface area contributed by atoms with Gasteiger partial charge in [0.1, 0.15) is 22.8 Å². The number of nitrogens with one attached hydrogen (secondary N) is 1. The number of benzene rings is 1. The number of aromatic nitrogens is 1. The molecule has 5 rings (SSSR count). The van der Waals surface area contributed by atoms with E-state index in [1.54, 1.807) is 0 Å². The molecule has 2 heterocycles. The van der Waals surface area contributed by atoms with E-state index in [4.69, 9.17) is 9.26 Å². The molecule has 36 heavy (non-hydrogen) atoms. The molecule has 1 aromatic carbocycles. The Labute approximate surface area is 202 Å². The van der Waals surface area contributed by atoms with Gasteiger partial charge in [0.15, 0.2) is 0 Å². The van der Waals surface area contributed by atoms with Crippen molar-refractivity contribution in [1.82, 2.24) is 10.5 Å². The molecule has 1 aliphatic heterocycles. The summed E-state index contributed by atoms with van der Waals surface area (Å²) in [6.45, 7) is 1.85. The van der Waals surface area contributed by atoms with E-state index >= 15 is 0 Å². The van der Waals surface area contributed by atoms with E-state index in [1.165, 1.54) is 0 Å². The van der Waals surface area contributed by atoms with Crippen LogP contribution >= 0.6 is 0 Å². The van der Waals surface area contributed by atoms with Crippen molar-refractivity contribution in [2.45, 2.75) is 63.1 Å². The molecule has 3 aliphatic rings. The minimum absolute atomic E-state index is 0.000180. The Bertz CT molecular complexity index is 1120. The molecular formula is C24H24F6N2O4. The smallest absolute Gasteiger partial charge is 0.419 e. The van der Waals surface area contributed by atoms with Gasteiger partial charge in [-0.2, -0.15) is 26.3 Å². The molecule has 0 spiro atoms. The number of esters is 1. The number of ether oxygens (including phenoxy) is 2. The van der Waals surface area contributed by atoms with Crippen LogP contribution in [-0.2, 0) is 22.3 Å². The van der Waals surface area contributed by atoms with Crippen LogP contribution < -0.4 is 10.1 Å².